The topological polar surface area (TPSA) is 105 Å². The third kappa shape index (κ3) is 7.11. The number of nitrogens with one attached hydrogen (secondary N) is 1. The van der Waals surface area contributed by atoms with E-state index in [9.17, 15) is 9.59 Å². The van der Waals surface area contributed by atoms with Gasteiger partial charge >= 0.3 is 12.1 Å². The summed E-state index contributed by atoms with van der Waals surface area (Å²) in [5.74, 6) is -0.400. The molecule has 25 heavy (non-hydrogen) atoms. The summed E-state index contributed by atoms with van der Waals surface area (Å²) in [4.78, 5) is 25.2. The Hall–Kier alpha value is -2.12. The largest absolute Gasteiger partial charge is 0.481 e. The first-order valence-corrected chi connectivity index (χ1v) is 8.68. The highest BCUT2D eigenvalue weighted by molar-refractivity contribution is 5.71. The van der Waals surface area contributed by atoms with Crippen LogP contribution in [0.3, 0.4) is 0 Å². The molecule has 1 saturated heterocycles. The number of nitrogens with two attached hydrogens (primary N) is 1. The summed E-state index contributed by atoms with van der Waals surface area (Å²) in [6.45, 7) is 3.10. The summed E-state index contributed by atoms with van der Waals surface area (Å²) in [5.41, 5.74) is 6.58. The lowest BCUT2D eigenvalue weighted by atomic mass is 9.96. The maximum atomic E-state index is 12.0. The first-order chi connectivity index (χ1) is 12.1. The van der Waals surface area contributed by atoms with Crippen LogP contribution < -0.4 is 11.1 Å². The molecule has 1 unspecified atom stereocenters. The van der Waals surface area contributed by atoms with Gasteiger partial charge in [-0.1, -0.05) is 30.3 Å². The molecule has 1 aliphatic heterocycles. The lowest BCUT2D eigenvalue weighted by Gasteiger charge is -2.33. The van der Waals surface area contributed by atoms with Crippen LogP contribution in [-0.4, -0.2) is 54.3 Å². The summed E-state index contributed by atoms with van der Waals surface area (Å²) in [6.07, 6.45) is 1.30. The Labute approximate surface area is 148 Å². The molecule has 1 aromatic rings. The number of hydrogen-bond donors (Lipinski definition) is 3. The first-order valence-electron chi connectivity index (χ1n) is 8.68. The van der Waals surface area contributed by atoms with Crippen molar-refractivity contribution in [2.45, 2.75) is 31.9 Å². The molecule has 138 valence electrons. The van der Waals surface area contributed by atoms with Gasteiger partial charge in [-0.3, -0.25) is 4.79 Å². The van der Waals surface area contributed by atoms with E-state index in [2.05, 4.69) is 10.2 Å². The van der Waals surface area contributed by atoms with E-state index in [1.165, 1.54) is 0 Å². The molecule has 0 spiro atoms. The molecule has 0 radical (unpaired) electrons. The number of carbonyl (C=O) groups excluding carboxylic acids is 1. The van der Waals surface area contributed by atoms with Crippen LogP contribution in [0.1, 0.15) is 24.8 Å². The van der Waals surface area contributed by atoms with Gasteiger partial charge in [-0.2, -0.15) is 0 Å². The number of hydrogen-bond acceptors (Lipinski definition) is 5. The normalized spacial score (nSPS) is 17.0. The predicted octanol–water partition coefficient (Wildman–Crippen LogP) is 1.43. The summed E-state index contributed by atoms with van der Waals surface area (Å²) >= 11 is 0. The minimum absolute atomic E-state index is 0.128. The second-order valence-electron chi connectivity index (χ2n) is 6.48. The molecular formula is C18H27N3O4. The van der Waals surface area contributed by atoms with Gasteiger partial charge < -0.3 is 25.8 Å². The van der Waals surface area contributed by atoms with Crippen LogP contribution in [-0.2, 0) is 16.1 Å². The Bertz CT molecular complexity index is 545. The van der Waals surface area contributed by atoms with Gasteiger partial charge in [0.05, 0.1) is 12.5 Å². The number of nitrogens with zero attached hydrogens (tertiary/aromatic N) is 1. The van der Waals surface area contributed by atoms with E-state index in [0.29, 0.717) is 19.0 Å². The molecule has 0 aliphatic carbocycles. The smallest absolute Gasteiger partial charge is 0.407 e. The average Bonchev–Trinajstić information content (AvgIpc) is 2.61. The van der Waals surface area contributed by atoms with Gasteiger partial charge in [0.25, 0.3) is 0 Å². The zero-order valence-corrected chi connectivity index (χ0v) is 14.4. The van der Waals surface area contributed by atoms with E-state index in [0.717, 1.165) is 31.5 Å². The van der Waals surface area contributed by atoms with Crippen LogP contribution in [0.5, 0.6) is 0 Å². The highest BCUT2D eigenvalue weighted by atomic mass is 16.5. The molecule has 1 atom stereocenters. The summed E-state index contributed by atoms with van der Waals surface area (Å²) in [6, 6.07) is 8.88. The number of aliphatic carboxylic acids is 1. The van der Waals surface area contributed by atoms with Gasteiger partial charge in [0, 0.05) is 6.54 Å². The number of rotatable bonds is 8. The van der Waals surface area contributed by atoms with E-state index in [-0.39, 0.29) is 13.0 Å². The van der Waals surface area contributed by atoms with Crippen molar-refractivity contribution >= 4 is 12.1 Å². The fourth-order valence-electron chi connectivity index (χ4n) is 3.02. The average molecular weight is 349 g/mol. The fraction of sp³-hybridized carbons (Fsp3) is 0.556. The van der Waals surface area contributed by atoms with Crippen LogP contribution in [0, 0.1) is 5.92 Å². The Morgan fingerprint density at radius 2 is 1.96 bits per heavy atom. The fourth-order valence-corrected chi connectivity index (χ4v) is 3.02. The number of carbonyl (C=O) groups is 2. The third-order valence-corrected chi connectivity index (χ3v) is 4.47. The third-order valence-electron chi connectivity index (χ3n) is 4.47. The lowest BCUT2D eigenvalue weighted by molar-refractivity contribution is -0.137. The number of carboxylic acids is 1. The molecule has 1 aromatic carbocycles. The van der Waals surface area contributed by atoms with Crippen LogP contribution in [0.15, 0.2) is 30.3 Å². The number of amides is 1. The molecule has 1 amide bonds. The number of carboxylic acid groups (broad SMARTS) is 1. The van der Waals surface area contributed by atoms with E-state index in [4.69, 9.17) is 15.6 Å². The quantitative estimate of drug-likeness (QED) is 0.656. The molecule has 2 rings (SSSR count). The van der Waals surface area contributed by atoms with Gasteiger partial charge in [0.1, 0.15) is 6.61 Å². The molecule has 7 nitrogen and oxygen atoms in total. The van der Waals surface area contributed by atoms with Crippen molar-refractivity contribution in [1.82, 2.24) is 10.2 Å². The van der Waals surface area contributed by atoms with Gasteiger partial charge in [0.15, 0.2) is 0 Å². The summed E-state index contributed by atoms with van der Waals surface area (Å²) in [5, 5.41) is 11.8. The second kappa shape index (κ2) is 10.0. The van der Waals surface area contributed by atoms with Crippen LogP contribution in [0.2, 0.25) is 0 Å². The monoisotopic (exact) mass is 349 g/mol. The van der Waals surface area contributed by atoms with Gasteiger partial charge in [0.2, 0.25) is 0 Å². The lowest BCUT2D eigenvalue weighted by Crippen LogP contribution is -2.47. The maximum Gasteiger partial charge on any atom is 0.407 e. The van der Waals surface area contributed by atoms with Crippen molar-refractivity contribution < 1.29 is 19.4 Å². The summed E-state index contributed by atoms with van der Waals surface area (Å²) < 4.78 is 5.19. The van der Waals surface area contributed by atoms with E-state index in [1.54, 1.807) is 0 Å². The number of alkyl carbamates (subject to hydrolysis) is 1. The molecule has 0 bridgehead atoms. The molecule has 1 fully saturated rings. The van der Waals surface area contributed by atoms with Gasteiger partial charge in [-0.15, -0.1) is 0 Å². The van der Waals surface area contributed by atoms with E-state index in [1.807, 2.05) is 30.3 Å². The van der Waals surface area contributed by atoms with Crippen molar-refractivity contribution in [2.24, 2.45) is 11.7 Å². The van der Waals surface area contributed by atoms with Crippen LogP contribution >= 0.6 is 0 Å². The minimum Gasteiger partial charge on any atom is -0.481 e. The van der Waals surface area contributed by atoms with Crippen molar-refractivity contribution in [3.05, 3.63) is 35.9 Å². The van der Waals surface area contributed by atoms with Gasteiger partial charge in [-0.25, -0.2) is 4.79 Å². The van der Waals surface area contributed by atoms with Crippen molar-refractivity contribution in [3.63, 3.8) is 0 Å². The highest BCUT2D eigenvalue weighted by Crippen LogP contribution is 2.16. The van der Waals surface area contributed by atoms with Crippen LogP contribution in [0.25, 0.3) is 0 Å². The SMILES string of the molecule is NCC1CCN(CC(CC(=O)O)NC(=O)OCc2ccccc2)CC1. The van der Waals surface area contributed by atoms with Crippen molar-refractivity contribution in [2.75, 3.05) is 26.2 Å². The molecule has 7 heteroatoms. The Kier molecular flexibility index (Phi) is 7.69. The summed E-state index contributed by atoms with van der Waals surface area (Å²) in [7, 11) is 0. The Morgan fingerprint density at radius 1 is 1.28 bits per heavy atom. The van der Waals surface area contributed by atoms with E-state index < -0.39 is 18.1 Å². The Balaban J connectivity index is 1.80. The zero-order valence-electron chi connectivity index (χ0n) is 14.4. The zero-order chi connectivity index (χ0) is 18.1. The van der Waals surface area contributed by atoms with E-state index >= 15 is 0 Å². The molecule has 0 saturated carbocycles. The first kappa shape index (κ1) is 19.2. The predicted molar refractivity (Wildman–Crippen MR) is 94.0 cm³/mol. The van der Waals surface area contributed by atoms with Gasteiger partial charge in [-0.05, 0) is 44.0 Å². The second-order valence-corrected chi connectivity index (χ2v) is 6.48. The number of benzene rings is 1. The molecular weight excluding hydrogens is 322 g/mol. The molecule has 1 heterocycles. The standard InChI is InChI=1S/C18H27N3O4/c19-11-14-6-8-21(9-7-14)12-16(10-17(22)23)20-18(24)25-13-15-4-2-1-3-5-15/h1-5,14,16H,6-13,19H2,(H,20,24)(H,22,23). The van der Waals surface area contributed by atoms with Crippen molar-refractivity contribution in [1.29, 1.82) is 0 Å². The molecule has 4 N–H and O–H groups in total. The minimum atomic E-state index is -0.940. The number of piperidine rings is 1. The molecule has 1 aliphatic rings. The number of ether oxygens (including phenoxy) is 1. The number of likely N-dealkylation sites (tertiary alicyclic amines) is 1. The molecule has 0 aromatic heterocycles. The Morgan fingerprint density at radius 3 is 2.56 bits per heavy atom. The highest BCUT2D eigenvalue weighted by Gasteiger charge is 2.23. The maximum absolute atomic E-state index is 12.0. The van der Waals surface area contributed by atoms with Crippen LogP contribution in [0.4, 0.5) is 4.79 Å². The van der Waals surface area contributed by atoms with Crippen molar-refractivity contribution in [3.8, 4) is 0 Å².